The fourth-order valence-electron chi connectivity index (χ4n) is 4.43. The van der Waals surface area contributed by atoms with Crippen molar-refractivity contribution in [2.24, 2.45) is 0 Å². The topological polar surface area (TPSA) is 89.4 Å². The first-order valence-corrected chi connectivity index (χ1v) is 11.5. The van der Waals surface area contributed by atoms with Gasteiger partial charge in [-0.2, -0.15) is 13.2 Å². The van der Waals surface area contributed by atoms with Crippen LogP contribution in [-0.2, 0) is 23.9 Å². The van der Waals surface area contributed by atoms with Crippen molar-refractivity contribution in [3.05, 3.63) is 77.9 Å². The first-order chi connectivity index (χ1) is 17.6. The second-order valence-electron chi connectivity index (χ2n) is 8.82. The van der Waals surface area contributed by atoms with Crippen molar-refractivity contribution in [3.63, 3.8) is 0 Å². The van der Waals surface area contributed by atoms with E-state index in [1.54, 1.807) is 29.2 Å². The lowest BCUT2D eigenvalue weighted by molar-refractivity contribution is -0.137. The summed E-state index contributed by atoms with van der Waals surface area (Å²) in [6, 6.07) is 10.6. The third-order valence-corrected chi connectivity index (χ3v) is 6.29. The molecule has 0 saturated heterocycles. The van der Waals surface area contributed by atoms with Crippen LogP contribution in [0.15, 0.2) is 61.1 Å². The minimum Gasteiger partial charge on any atom is -0.439 e. The summed E-state index contributed by atoms with van der Waals surface area (Å²) in [5.41, 5.74) is 1.31. The molecule has 0 bridgehead atoms. The fraction of sp³-hybridized carbons (Fsp3) is 0.231. The molecule has 0 saturated carbocycles. The Morgan fingerprint density at radius 3 is 2.68 bits per heavy atom. The molecule has 0 fully saturated rings. The van der Waals surface area contributed by atoms with Crippen LogP contribution < -0.4 is 10.1 Å². The maximum absolute atomic E-state index is 13.0. The number of alkyl halides is 3. The largest absolute Gasteiger partial charge is 0.439 e. The third-order valence-electron chi connectivity index (χ3n) is 6.29. The zero-order chi connectivity index (χ0) is 26.3. The highest BCUT2D eigenvalue weighted by molar-refractivity contribution is 5.98. The van der Waals surface area contributed by atoms with Gasteiger partial charge in [-0.15, -0.1) is 0 Å². The van der Waals surface area contributed by atoms with Gasteiger partial charge in [-0.05, 0) is 55.8 Å². The van der Waals surface area contributed by atoms with E-state index < -0.39 is 17.8 Å². The predicted octanol–water partition coefficient (Wildman–Crippen LogP) is 5.62. The Balaban J connectivity index is 1.36. The van der Waals surface area contributed by atoms with Crippen LogP contribution in [0.3, 0.4) is 0 Å². The van der Waals surface area contributed by atoms with Gasteiger partial charge < -0.3 is 15.0 Å². The molecule has 4 aromatic rings. The molecule has 11 heteroatoms. The molecular formula is C26H22F3N5O3. The molecular weight excluding hydrogens is 487 g/mol. The first-order valence-electron chi connectivity index (χ1n) is 11.5. The number of aromatic nitrogens is 3. The van der Waals surface area contributed by atoms with Crippen molar-refractivity contribution in [2.75, 3.05) is 5.32 Å². The molecule has 37 heavy (non-hydrogen) atoms. The Labute approximate surface area is 209 Å². The number of fused-ring (bicyclic) bond motifs is 2. The van der Waals surface area contributed by atoms with Gasteiger partial charge in [-0.25, -0.2) is 14.8 Å². The number of nitrogens with zero attached hydrogens (tertiary/aromatic N) is 4. The van der Waals surface area contributed by atoms with Crippen LogP contribution in [-0.4, -0.2) is 37.4 Å². The lowest BCUT2D eigenvalue weighted by Gasteiger charge is -2.33. The number of nitrogens with one attached hydrogen (secondary N) is 1. The maximum Gasteiger partial charge on any atom is 0.416 e. The van der Waals surface area contributed by atoms with E-state index in [0.717, 1.165) is 23.4 Å². The Hall–Kier alpha value is -4.41. The van der Waals surface area contributed by atoms with Crippen LogP contribution in [0.4, 0.5) is 23.7 Å². The van der Waals surface area contributed by atoms with Crippen LogP contribution in [0.5, 0.6) is 11.6 Å². The summed E-state index contributed by atoms with van der Waals surface area (Å²) < 4.78 is 46.3. The van der Waals surface area contributed by atoms with Gasteiger partial charge >= 0.3 is 12.2 Å². The van der Waals surface area contributed by atoms with Crippen molar-refractivity contribution in [1.82, 2.24) is 19.4 Å². The smallest absolute Gasteiger partial charge is 0.416 e. The van der Waals surface area contributed by atoms with Gasteiger partial charge in [0.05, 0.1) is 23.3 Å². The Kier molecular flexibility index (Phi) is 6.06. The summed E-state index contributed by atoms with van der Waals surface area (Å²) >= 11 is 0. The molecule has 0 spiro atoms. The average Bonchev–Trinajstić information content (AvgIpc) is 3.27. The number of carbonyl (C=O) groups excluding carboxylic acids is 2. The number of hydrogen-bond acceptors (Lipinski definition) is 5. The van der Waals surface area contributed by atoms with Crippen molar-refractivity contribution in [3.8, 4) is 11.6 Å². The molecule has 190 valence electrons. The molecule has 1 atom stereocenters. The quantitative estimate of drug-likeness (QED) is 0.388. The summed E-state index contributed by atoms with van der Waals surface area (Å²) in [6.07, 6.45) is -1.03. The highest BCUT2D eigenvalue weighted by Gasteiger charge is 2.31. The molecule has 0 aliphatic carbocycles. The van der Waals surface area contributed by atoms with E-state index in [2.05, 4.69) is 15.3 Å². The molecule has 2 aromatic carbocycles. The van der Waals surface area contributed by atoms with Crippen LogP contribution in [0.1, 0.15) is 30.7 Å². The van der Waals surface area contributed by atoms with Gasteiger partial charge in [-0.1, -0.05) is 6.07 Å². The molecule has 0 unspecified atom stereocenters. The minimum atomic E-state index is -4.51. The second-order valence-corrected chi connectivity index (χ2v) is 8.82. The van der Waals surface area contributed by atoms with E-state index >= 15 is 0 Å². The molecule has 8 nitrogen and oxygen atoms in total. The molecule has 5 rings (SSSR count). The number of rotatable bonds is 3. The van der Waals surface area contributed by atoms with Crippen molar-refractivity contribution in [2.45, 2.75) is 39.0 Å². The normalized spacial score (nSPS) is 15.4. The highest BCUT2D eigenvalue weighted by atomic mass is 19.4. The molecule has 2 amide bonds. The Bertz CT molecular complexity index is 1520. The standard InChI is InChI=1S/C26H22F3N5O3/c1-15-10-21-22(13-34(15)16(2)35)30-14-31-24(21)37-20-6-7-23-17(11-20)8-9-33(23)25(36)32-19-5-3-4-18(12-19)26(27,28)29/h3-9,11-12,14-15H,10,13H2,1-2H3,(H,32,36)/t15-/m0/s1. The number of halogens is 3. The van der Waals surface area contributed by atoms with Crippen LogP contribution in [0.25, 0.3) is 10.9 Å². The number of anilines is 1. The van der Waals surface area contributed by atoms with E-state index in [0.29, 0.717) is 35.5 Å². The first kappa shape index (κ1) is 24.3. The summed E-state index contributed by atoms with van der Waals surface area (Å²) in [5, 5.41) is 3.19. The van der Waals surface area contributed by atoms with Crippen LogP contribution in [0, 0.1) is 0 Å². The molecule has 1 N–H and O–H groups in total. The third kappa shape index (κ3) is 4.84. The zero-order valence-corrected chi connectivity index (χ0v) is 19.9. The zero-order valence-electron chi connectivity index (χ0n) is 19.9. The number of benzene rings is 2. The molecule has 3 heterocycles. The highest BCUT2D eigenvalue weighted by Crippen LogP contribution is 2.33. The average molecular weight is 509 g/mol. The van der Waals surface area contributed by atoms with Gasteiger partial charge in [0, 0.05) is 35.8 Å². The number of ether oxygens (including phenoxy) is 1. The van der Waals surface area contributed by atoms with Gasteiger partial charge in [-0.3, -0.25) is 9.36 Å². The molecule has 0 radical (unpaired) electrons. The number of hydrogen-bond donors (Lipinski definition) is 1. The van der Waals surface area contributed by atoms with Crippen molar-refractivity contribution in [1.29, 1.82) is 0 Å². The Morgan fingerprint density at radius 1 is 1.11 bits per heavy atom. The lowest BCUT2D eigenvalue weighted by Crippen LogP contribution is -2.41. The molecule has 2 aromatic heterocycles. The second kappa shape index (κ2) is 9.23. The SMILES string of the molecule is CC(=O)N1Cc2ncnc(Oc3ccc4c(ccn4C(=O)Nc4cccc(C(F)(F)F)c4)c3)c2C[C@@H]1C. The summed E-state index contributed by atoms with van der Waals surface area (Å²) in [7, 11) is 0. The molecule has 1 aliphatic rings. The van der Waals surface area contributed by atoms with E-state index in [1.807, 2.05) is 6.92 Å². The monoisotopic (exact) mass is 509 g/mol. The van der Waals surface area contributed by atoms with Crippen molar-refractivity contribution >= 4 is 28.5 Å². The summed E-state index contributed by atoms with van der Waals surface area (Å²) in [6.45, 7) is 3.87. The predicted molar refractivity (Wildman–Crippen MR) is 129 cm³/mol. The van der Waals surface area contributed by atoms with E-state index in [1.165, 1.54) is 36.1 Å². The molecule has 1 aliphatic heterocycles. The van der Waals surface area contributed by atoms with E-state index in [-0.39, 0.29) is 17.6 Å². The van der Waals surface area contributed by atoms with Crippen molar-refractivity contribution < 1.29 is 27.5 Å². The minimum absolute atomic E-state index is 0.0220. The number of amides is 2. The summed E-state index contributed by atoms with van der Waals surface area (Å²) in [4.78, 5) is 35.0. The van der Waals surface area contributed by atoms with Gasteiger partial charge in [0.25, 0.3) is 0 Å². The van der Waals surface area contributed by atoms with Crippen LogP contribution in [0.2, 0.25) is 0 Å². The number of carbonyl (C=O) groups is 2. The van der Waals surface area contributed by atoms with Gasteiger partial charge in [0.15, 0.2) is 0 Å². The van der Waals surface area contributed by atoms with Crippen LogP contribution >= 0.6 is 0 Å². The van der Waals surface area contributed by atoms with E-state index in [4.69, 9.17) is 4.74 Å². The summed E-state index contributed by atoms with van der Waals surface area (Å²) in [5.74, 6) is 0.874. The van der Waals surface area contributed by atoms with Gasteiger partial charge in [0.2, 0.25) is 11.8 Å². The van der Waals surface area contributed by atoms with E-state index in [9.17, 15) is 22.8 Å². The maximum atomic E-state index is 13.0. The van der Waals surface area contributed by atoms with Gasteiger partial charge in [0.1, 0.15) is 12.1 Å². The fourth-order valence-corrected chi connectivity index (χ4v) is 4.43. The lowest BCUT2D eigenvalue weighted by atomic mass is 9.99. The Morgan fingerprint density at radius 2 is 1.92 bits per heavy atom.